The van der Waals surface area contributed by atoms with Gasteiger partial charge in [-0.2, -0.15) is 32.1 Å². The number of aromatic nitrogens is 5. The van der Waals surface area contributed by atoms with Crippen molar-refractivity contribution in [2.24, 2.45) is 0 Å². The largest absolute Gasteiger partial charge is 0.408 e. The predicted molar refractivity (Wildman–Crippen MR) is 234 cm³/mol. The van der Waals surface area contributed by atoms with Gasteiger partial charge >= 0.3 is 6.18 Å². The van der Waals surface area contributed by atoms with E-state index in [0.717, 1.165) is 12.1 Å². The molecule has 24 heteroatoms. The van der Waals surface area contributed by atoms with E-state index in [0.29, 0.717) is 23.6 Å². The van der Waals surface area contributed by atoms with Crippen molar-refractivity contribution in [1.82, 2.24) is 24.5 Å². The fraction of sp³-hybridized carbons (Fsp3) is 0.478. The summed E-state index contributed by atoms with van der Waals surface area (Å²) in [6, 6.07) is 7.24. The molecule has 70 heavy (non-hydrogen) atoms. The van der Waals surface area contributed by atoms with Crippen LogP contribution in [0, 0.1) is 23.5 Å². The number of Topliss-reactive ketones (excluding diaryl/α,β-unsaturated/α-hetero) is 1. The highest BCUT2D eigenvalue weighted by molar-refractivity contribution is 7.94. The Morgan fingerprint density at radius 1 is 0.871 bits per heavy atom. The maximum absolute atomic E-state index is 15.4. The standard InChI is InChI=1S/C46H41ClF11N5O5S2/c1-42(2,70(67,68)30-5-6-30)11-10-28-4-7-31(32-8-9-33(47)35-34(22-69(65,66)43(3)12-13-43)60-63(39(32)35)23-46(56,57)58)37(59-28)25(16-24-17-26(48)20-27(49)18-24)19-29(64)21-62-40-36(38(61-62)41(50)51)44(52,53)14-15-45(40,54)55/h4,7-9,17-18,20,25,30,41H,5-6,12-16,19,21-23H2,1-3H3/t25-/m1/s1. The molecule has 3 aromatic heterocycles. The highest BCUT2D eigenvalue weighted by Gasteiger charge is 2.55. The molecule has 10 nitrogen and oxygen atoms in total. The van der Waals surface area contributed by atoms with E-state index in [-0.39, 0.29) is 67.2 Å². The Hall–Kier alpha value is -5.08. The molecule has 2 fully saturated rings. The van der Waals surface area contributed by atoms with Crippen molar-refractivity contribution in [2.45, 2.75) is 136 Å². The van der Waals surface area contributed by atoms with Crippen molar-refractivity contribution < 1.29 is 69.9 Å². The molecule has 0 amide bonds. The molecule has 376 valence electrons. The molecule has 0 N–H and O–H groups in total. The van der Waals surface area contributed by atoms with Crippen LogP contribution in [0.4, 0.5) is 48.3 Å². The van der Waals surface area contributed by atoms with Crippen LogP contribution in [0.2, 0.25) is 5.02 Å². The van der Waals surface area contributed by atoms with Gasteiger partial charge in [0.1, 0.15) is 46.6 Å². The number of carbonyl (C=O) groups excluding carboxylic acids is 1. The van der Waals surface area contributed by atoms with E-state index in [2.05, 4.69) is 27.0 Å². The predicted octanol–water partition coefficient (Wildman–Crippen LogP) is 10.9. The van der Waals surface area contributed by atoms with Crippen LogP contribution in [-0.4, -0.2) is 68.1 Å². The van der Waals surface area contributed by atoms with Gasteiger partial charge in [-0.15, -0.1) is 0 Å². The average Bonchev–Trinajstić information content (AvgIpc) is 4.16. The number of alkyl halides is 9. The first kappa shape index (κ1) is 51.3. The Kier molecular flexibility index (Phi) is 12.9. The van der Waals surface area contributed by atoms with E-state index < -0.39 is 144 Å². The number of pyridine rings is 1. The molecule has 0 unspecified atom stereocenters. The van der Waals surface area contributed by atoms with E-state index >= 15 is 17.6 Å². The molecule has 0 spiro atoms. The Labute approximate surface area is 398 Å². The lowest BCUT2D eigenvalue weighted by molar-refractivity contribution is -0.141. The van der Waals surface area contributed by atoms with E-state index in [1.54, 1.807) is 0 Å². The normalized spacial score (nSPS) is 18.1. The summed E-state index contributed by atoms with van der Waals surface area (Å²) in [4.78, 5) is 18.9. The molecule has 0 radical (unpaired) electrons. The van der Waals surface area contributed by atoms with E-state index in [1.165, 1.54) is 45.0 Å². The second-order valence-corrected chi connectivity index (χ2v) is 24.5. The lowest BCUT2D eigenvalue weighted by atomic mass is 9.86. The number of carbonyl (C=O) groups is 1. The summed E-state index contributed by atoms with van der Waals surface area (Å²) in [5.41, 5.74) is -6.71. The Bertz CT molecular complexity index is 3220. The molecule has 2 saturated carbocycles. The number of ketones is 1. The van der Waals surface area contributed by atoms with Crippen molar-refractivity contribution in [2.75, 3.05) is 0 Å². The molecule has 3 heterocycles. The molecule has 3 aliphatic carbocycles. The zero-order valence-corrected chi connectivity index (χ0v) is 39.6. The van der Waals surface area contributed by atoms with Crippen LogP contribution in [0.25, 0.3) is 22.0 Å². The zero-order valence-electron chi connectivity index (χ0n) is 37.2. The second-order valence-electron chi connectivity index (χ2n) is 18.8. The lowest BCUT2D eigenvalue weighted by Gasteiger charge is -2.29. The first-order chi connectivity index (χ1) is 32.3. The van der Waals surface area contributed by atoms with E-state index in [4.69, 9.17) is 11.6 Å². The fourth-order valence-electron chi connectivity index (χ4n) is 8.79. The summed E-state index contributed by atoms with van der Waals surface area (Å²) in [5, 5.41) is 6.37. The topological polar surface area (TPSA) is 134 Å². The molecular weight excluding hydrogens is 1010 g/mol. The molecule has 0 aliphatic heterocycles. The number of rotatable bonds is 15. The van der Waals surface area contributed by atoms with Gasteiger partial charge in [0.15, 0.2) is 25.5 Å². The van der Waals surface area contributed by atoms with Gasteiger partial charge in [0.2, 0.25) is 0 Å². The third-order valence-electron chi connectivity index (χ3n) is 12.9. The summed E-state index contributed by atoms with van der Waals surface area (Å²) in [6.45, 7) is 1.07. The third kappa shape index (κ3) is 9.92. The summed E-state index contributed by atoms with van der Waals surface area (Å²) in [5.74, 6) is -8.68. The van der Waals surface area contributed by atoms with Crippen molar-refractivity contribution >= 4 is 48.0 Å². The summed E-state index contributed by atoms with van der Waals surface area (Å²) >= 11 is 6.65. The van der Waals surface area contributed by atoms with Crippen LogP contribution in [-0.2, 0) is 61.6 Å². The van der Waals surface area contributed by atoms with Crippen molar-refractivity contribution in [1.29, 1.82) is 0 Å². The number of sulfone groups is 2. The smallest absolute Gasteiger partial charge is 0.298 e. The minimum atomic E-state index is -4.97. The first-order valence-corrected chi connectivity index (χ1v) is 25.3. The van der Waals surface area contributed by atoms with Crippen LogP contribution < -0.4 is 0 Å². The Morgan fingerprint density at radius 3 is 2.10 bits per heavy atom. The minimum absolute atomic E-state index is 0.0554. The van der Waals surface area contributed by atoms with Gasteiger partial charge in [0, 0.05) is 47.8 Å². The summed E-state index contributed by atoms with van der Waals surface area (Å²) < 4.78 is 214. The molecule has 8 rings (SSSR count). The quantitative estimate of drug-likeness (QED) is 0.0747. The number of nitrogens with zero attached hydrogens (tertiary/aromatic N) is 5. The van der Waals surface area contributed by atoms with Crippen molar-refractivity contribution in [3.63, 3.8) is 0 Å². The molecule has 0 saturated heterocycles. The molecule has 2 aromatic carbocycles. The SMILES string of the molecule is CC1(S(=O)(=O)Cc2nn(CC(F)(F)F)c3c(-c4ccc(C#CC(C)(C)S(=O)(=O)C5CC5)nc4[C@@H](CC(=O)Cn4nc(C(F)F)c5c4C(F)(F)CCC5(F)F)Cc4cc(F)cc(F)c4)ccc(Cl)c23)CC1. The highest BCUT2D eigenvalue weighted by atomic mass is 35.5. The Balaban J connectivity index is 1.34. The van der Waals surface area contributed by atoms with Gasteiger partial charge in [0.05, 0.1) is 43.2 Å². The number of benzene rings is 2. The number of halogens is 12. The molecule has 3 aliphatic rings. The molecule has 5 aromatic rings. The second kappa shape index (κ2) is 17.6. The lowest BCUT2D eigenvalue weighted by Crippen LogP contribution is -2.33. The van der Waals surface area contributed by atoms with Gasteiger partial charge in [0.25, 0.3) is 18.3 Å². The number of fused-ring (bicyclic) bond motifs is 2. The van der Waals surface area contributed by atoms with Crippen LogP contribution in [0.3, 0.4) is 0 Å². The molecule has 0 bridgehead atoms. The number of hydrogen-bond donors (Lipinski definition) is 0. The van der Waals surface area contributed by atoms with Gasteiger partial charge in [-0.05, 0) is 94.7 Å². The van der Waals surface area contributed by atoms with Gasteiger partial charge in [-0.3, -0.25) is 14.2 Å². The number of hydrogen-bond acceptors (Lipinski definition) is 8. The zero-order chi connectivity index (χ0) is 51.3. The third-order valence-corrected chi connectivity index (χ3v) is 18.7. The van der Waals surface area contributed by atoms with Gasteiger partial charge in [-0.25, -0.2) is 48.2 Å². The van der Waals surface area contributed by atoms with Crippen LogP contribution >= 0.6 is 11.6 Å². The van der Waals surface area contributed by atoms with Gasteiger partial charge < -0.3 is 0 Å². The van der Waals surface area contributed by atoms with Gasteiger partial charge in [-0.1, -0.05) is 23.6 Å². The first-order valence-electron chi connectivity index (χ1n) is 21.7. The summed E-state index contributed by atoms with van der Waals surface area (Å²) in [7, 11) is -7.87. The van der Waals surface area contributed by atoms with Crippen LogP contribution in [0.15, 0.2) is 42.5 Å². The minimum Gasteiger partial charge on any atom is -0.298 e. The average molecular weight is 1050 g/mol. The van der Waals surface area contributed by atoms with E-state index in [9.17, 15) is 52.4 Å². The summed E-state index contributed by atoms with van der Waals surface area (Å²) in [6.07, 6.45) is -11.9. The fourth-order valence-corrected chi connectivity index (χ4v) is 12.5. The van der Waals surface area contributed by atoms with Crippen molar-refractivity contribution in [3.05, 3.63) is 98.7 Å². The molecule has 1 atom stereocenters. The highest BCUT2D eigenvalue weighted by Crippen LogP contribution is 2.53. The maximum atomic E-state index is 15.4. The maximum Gasteiger partial charge on any atom is 0.408 e. The van der Waals surface area contributed by atoms with Crippen molar-refractivity contribution in [3.8, 4) is 23.0 Å². The van der Waals surface area contributed by atoms with Crippen LogP contribution in [0.1, 0.15) is 118 Å². The van der Waals surface area contributed by atoms with E-state index in [1.807, 2.05) is 0 Å². The monoisotopic (exact) mass is 1050 g/mol. The van der Waals surface area contributed by atoms with Crippen LogP contribution in [0.5, 0.6) is 0 Å². The Morgan fingerprint density at radius 2 is 1.50 bits per heavy atom. The molecular formula is C46H41ClF11N5O5S2.